The second kappa shape index (κ2) is 7.17. The van der Waals surface area contributed by atoms with Crippen molar-refractivity contribution in [1.29, 1.82) is 0 Å². The van der Waals surface area contributed by atoms with Gasteiger partial charge in [0.2, 0.25) is 5.91 Å². The quantitative estimate of drug-likeness (QED) is 0.853. The molecule has 2 aromatic rings. The van der Waals surface area contributed by atoms with Crippen molar-refractivity contribution in [3.8, 4) is 0 Å². The Morgan fingerprint density at radius 2 is 2.04 bits per heavy atom. The average molecular weight is 347 g/mol. The topological polar surface area (TPSA) is 45.7 Å². The fourth-order valence-corrected chi connectivity index (χ4v) is 4.18. The van der Waals surface area contributed by atoms with Crippen molar-refractivity contribution in [3.05, 3.63) is 29.3 Å². The van der Waals surface area contributed by atoms with Gasteiger partial charge in [-0.05, 0) is 40.0 Å². The van der Waals surface area contributed by atoms with E-state index in [0.717, 1.165) is 10.5 Å². The fraction of sp³-hybridized carbons (Fsp3) is 0.556. The van der Waals surface area contributed by atoms with Crippen LogP contribution in [0.1, 0.15) is 25.8 Å². The molecule has 1 saturated heterocycles. The summed E-state index contributed by atoms with van der Waals surface area (Å²) in [6, 6.07) is 7.97. The van der Waals surface area contributed by atoms with E-state index in [1.54, 1.807) is 11.3 Å². The third-order valence-electron chi connectivity index (χ3n) is 4.47. The van der Waals surface area contributed by atoms with Crippen LogP contribution in [0.2, 0.25) is 0 Å². The Labute approximate surface area is 147 Å². The largest absolute Gasteiger partial charge is 0.372 e. The number of rotatable bonds is 4. The SMILES string of the molecule is C[C@@H]1CN(C(=O)[C@@H](C)N(C)Cc2nc3ccccc3s2)C[C@H](C)O1. The second-order valence-corrected chi connectivity index (χ2v) is 7.78. The third-order valence-corrected chi connectivity index (χ3v) is 5.49. The Morgan fingerprint density at radius 3 is 2.71 bits per heavy atom. The highest BCUT2D eigenvalue weighted by Gasteiger charge is 2.30. The van der Waals surface area contributed by atoms with E-state index < -0.39 is 0 Å². The minimum absolute atomic E-state index is 0.0967. The molecule has 3 atom stereocenters. The minimum atomic E-state index is -0.172. The highest BCUT2D eigenvalue weighted by atomic mass is 32.1. The summed E-state index contributed by atoms with van der Waals surface area (Å²) in [4.78, 5) is 21.5. The first-order valence-electron chi connectivity index (χ1n) is 8.43. The molecule has 24 heavy (non-hydrogen) atoms. The minimum Gasteiger partial charge on any atom is -0.372 e. The molecule has 1 aliphatic heterocycles. The fourth-order valence-electron chi connectivity index (χ4n) is 3.15. The van der Waals surface area contributed by atoms with E-state index >= 15 is 0 Å². The maximum Gasteiger partial charge on any atom is 0.239 e. The van der Waals surface area contributed by atoms with Crippen LogP contribution in [0.4, 0.5) is 0 Å². The summed E-state index contributed by atoms with van der Waals surface area (Å²) in [6.07, 6.45) is 0.193. The molecule has 0 radical (unpaired) electrons. The van der Waals surface area contributed by atoms with Crippen molar-refractivity contribution >= 4 is 27.5 Å². The Hall–Kier alpha value is -1.50. The number of fused-ring (bicyclic) bond motifs is 1. The van der Waals surface area contributed by atoms with Gasteiger partial charge in [-0.1, -0.05) is 12.1 Å². The first kappa shape index (κ1) is 17.3. The lowest BCUT2D eigenvalue weighted by molar-refractivity contribution is -0.147. The van der Waals surface area contributed by atoms with Crippen molar-refractivity contribution in [2.24, 2.45) is 0 Å². The van der Waals surface area contributed by atoms with Crippen LogP contribution >= 0.6 is 11.3 Å². The van der Waals surface area contributed by atoms with Crippen LogP contribution in [-0.4, -0.2) is 59.1 Å². The van der Waals surface area contributed by atoms with Crippen molar-refractivity contribution in [2.45, 2.75) is 45.6 Å². The van der Waals surface area contributed by atoms with E-state index in [9.17, 15) is 4.79 Å². The van der Waals surface area contributed by atoms with E-state index in [0.29, 0.717) is 19.6 Å². The Bertz CT molecular complexity index is 674. The number of ether oxygens (including phenoxy) is 1. The van der Waals surface area contributed by atoms with Gasteiger partial charge in [-0.25, -0.2) is 4.98 Å². The van der Waals surface area contributed by atoms with E-state index in [4.69, 9.17) is 4.74 Å². The summed E-state index contributed by atoms with van der Waals surface area (Å²) >= 11 is 1.69. The number of para-hydroxylation sites is 1. The zero-order chi connectivity index (χ0) is 17.3. The van der Waals surface area contributed by atoms with Crippen LogP contribution in [-0.2, 0) is 16.1 Å². The molecule has 1 aliphatic rings. The van der Waals surface area contributed by atoms with Crippen LogP contribution in [0, 0.1) is 0 Å². The van der Waals surface area contributed by atoms with E-state index in [1.165, 1.54) is 4.70 Å². The summed E-state index contributed by atoms with van der Waals surface area (Å²) in [7, 11) is 1.99. The molecule has 130 valence electrons. The number of morpholine rings is 1. The molecule has 0 saturated carbocycles. The third kappa shape index (κ3) is 3.77. The van der Waals surface area contributed by atoms with Gasteiger partial charge in [0.15, 0.2) is 0 Å². The zero-order valence-electron chi connectivity index (χ0n) is 14.7. The van der Waals surface area contributed by atoms with Gasteiger partial charge in [-0.3, -0.25) is 9.69 Å². The maximum absolute atomic E-state index is 12.8. The molecule has 1 amide bonds. The Kier molecular flexibility index (Phi) is 5.18. The second-order valence-electron chi connectivity index (χ2n) is 6.67. The van der Waals surface area contributed by atoms with Crippen molar-refractivity contribution in [2.75, 3.05) is 20.1 Å². The smallest absolute Gasteiger partial charge is 0.239 e. The van der Waals surface area contributed by atoms with E-state index in [2.05, 4.69) is 16.0 Å². The molecule has 0 spiro atoms. The molecule has 1 aromatic carbocycles. The van der Waals surface area contributed by atoms with E-state index in [-0.39, 0.29) is 24.2 Å². The van der Waals surface area contributed by atoms with Crippen LogP contribution in [0.5, 0.6) is 0 Å². The normalized spacial score (nSPS) is 23.0. The molecule has 5 nitrogen and oxygen atoms in total. The van der Waals surface area contributed by atoms with Gasteiger partial charge in [0.1, 0.15) is 5.01 Å². The van der Waals surface area contributed by atoms with Gasteiger partial charge in [0.05, 0.1) is 35.0 Å². The molecule has 1 fully saturated rings. The lowest BCUT2D eigenvalue weighted by atomic mass is 10.2. The first-order chi connectivity index (χ1) is 11.4. The van der Waals surface area contributed by atoms with Gasteiger partial charge in [0, 0.05) is 13.1 Å². The summed E-state index contributed by atoms with van der Waals surface area (Å²) in [6.45, 7) is 8.03. The molecular weight excluding hydrogens is 322 g/mol. The van der Waals surface area contributed by atoms with Crippen LogP contribution in [0.25, 0.3) is 10.2 Å². The van der Waals surface area contributed by atoms with Crippen molar-refractivity contribution in [3.63, 3.8) is 0 Å². The first-order valence-corrected chi connectivity index (χ1v) is 9.24. The molecule has 0 unspecified atom stereocenters. The van der Waals surface area contributed by atoms with Gasteiger partial charge in [-0.2, -0.15) is 0 Å². The summed E-state index contributed by atoms with van der Waals surface area (Å²) in [5.41, 5.74) is 1.03. The number of carbonyl (C=O) groups is 1. The predicted octanol–water partition coefficient (Wildman–Crippen LogP) is 2.75. The number of benzene rings is 1. The monoisotopic (exact) mass is 347 g/mol. The standard InChI is InChI=1S/C18H25N3O2S/c1-12-9-21(10-13(2)23-12)18(22)14(3)20(4)11-17-19-15-7-5-6-8-16(15)24-17/h5-8,12-14H,9-11H2,1-4H3/t12-,13+,14-/m1/s1. The van der Waals surface area contributed by atoms with Gasteiger partial charge in [-0.15, -0.1) is 11.3 Å². The maximum atomic E-state index is 12.8. The number of hydrogen-bond acceptors (Lipinski definition) is 5. The molecular formula is C18H25N3O2S. The average Bonchev–Trinajstić information content (AvgIpc) is 2.94. The van der Waals surface area contributed by atoms with Crippen LogP contribution < -0.4 is 0 Å². The number of thiazole rings is 1. The summed E-state index contributed by atoms with van der Waals surface area (Å²) < 4.78 is 6.91. The lowest BCUT2D eigenvalue weighted by Gasteiger charge is -2.38. The summed E-state index contributed by atoms with van der Waals surface area (Å²) in [5.74, 6) is 0.167. The van der Waals surface area contributed by atoms with Gasteiger partial charge >= 0.3 is 0 Å². The molecule has 2 heterocycles. The highest BCUT2D eigenvalue weighted by molar-refractivity contribution is 7.18. The van der Waals surface area contributed by atoms with Crippen LogP contribution in [0.15, 0.2) is 24.3 Å². The highest BCUT2D eigenvalue weighted by Crippen LogP contribution is 2.23. The molecule has 1 aromatic heterocycles. The Morgan fingerprint density at radius 1 is 1.38 bits per heavy atom. The predicted molar refractivity (Wildman–Crippen MR) is 97.1 cm³/mol. The molecule has 3 rings (SSSR count). The number of carbonyl (C=O) groups excluding carboxylic acids is 1. The van der Waals surface area contributed by atoms with E-state index in [1.807, 2.05) is 50.9 Å². The molecule has 6 heteroatoms. The van der Waals surface area contributed by atoms with Gasteiger partial charge < -0.3 is 9.64 Å². The lowest BCUT2D eigenvalue weighted by Crippen LogP contribution is -2.53. The van der Waals surface area contributed by atoms with Crippen molar-refractivity contribution < 1.29 is 9.53 Å². The van der Waals surface area contributed by atoms with Gasteiger partial charge in [0.25, 0.3) is 0 Å². The molecule has 0 bridgehead atoms. The number of likely N-dealkylation sites (N-methyl/N-ethyl adjacent to an activating group) is 1. The number of amides is 1. The molecule has 0 aliphatic carbocycles. The number of aromatic nitrogens is 1. The zero-order valence-corrected chi connectivity index (χ0v) is 15.5. The molecule has 0 N–H and O–H groups in total. The van der Waals surface area contributed by atoms with Crippen molar-refractivity contribution in [1.82, 2.24) is 14.8 Å². The summed E-state index contributed by atoms with van der Waals surface area (Å²) in [5, 5.41) is 1.04. The Balaban J connectivity index is 1.65. The number of nitrogens with zero attached hydrogens (tertiary/aromatic N) is 3. The van der Waals surface area contributed by atoms with Crippen LogP contribution in [0.3, 0.4) is 0 Å². The number of hydrogen-bond donors (Lipinski definition) is 0.